The Morgan fingerprint density at radius 1 is 1.40 bits per heavy atom. The Morgan fingerprint density at radius 3 is 2.55 bits per heavy atom. The summed E-state index contributed by atoms with van der Waals surface area (Å²) < 4.78 is 0. The maximum atomic E-state index is 9.38. The van der Waals surface area contributed by atoms with Crippen LogP contribution in [0.4, 0.5) is 11.6 Å². The van der Waals surface area contributed by atoms with E-state index in [9.17, 15) is 5.11 Å². The molecule has 1 aliphatic rings. The number of hydrogen-bond acceptors (Lipinski definition) is 6. The second-order valence-corrected chi connectivity index (χ2v) is 6.05. The predicted octanol–water partition coefficient (Wildman–Crippen LogP) is 1.40. The molecule has 20 heavy (non-hydrogen) atoms. The molecule has 0 bridgehead atoms. The van der Waals surface area contributed by atoms with Crippen molar-refractivity contribution in [2.24, 2.45) is 11.8 Å². The molecule has 0 atom stereocenters. The highest BCUT2D eigenvalue weighted by atomic mass is 16.3. The van der Waals surface area contributed by atoms with E-state index >= 15 is 0 Å². The number of nitrogen functional groups attached to an aromatic ring is 1. The summed E-state index contributed by atoms with van der Waals surface area (Å²) in [4.78, 5) is 11.3. The maximum Gasteiger partial charge on any atom is 0.148 e. The average molecular weight is 279 g/mol. The zero-order valence-electron chi connectivity index (χ0n) is 12.7. The van der Waals surface area contributed by atoms with Gasteiger partial charge >= 0.3 is 0 Å². The highest BCUT2D eigenvalue weighted by Crippen LogP contribution is 2.31. The Morgan fingerprint density at radius 2 is 2.05 bits per heavy atom. The molecular formula is C14H25N5O. The number of hydrogen-bond donors (Lipinski definition) is 3. The Bertz CT molecular complexity index is 471. The average Bonchev–Trinajstić information content (AvgIpc) is 2.36. The van der Waals surface area contributed by atoms with E-state index < -0.39 is 0 Å². The van der Waals surface area contributed by atoms with Gasteiger partial charge in [-0.15, -0.1) is 0 Å². The molecule has 0 saturated heterocycles. The molecule has 0 spiro atoms. The first-order valence-corrected chi connectivity index (χ1v) is 7.16. The van der Waals surface area contributed by atoms with Gasteiger partial charge in [0.2, 0.25) is 0 Å². The van der Waals surface area contributed by atoms with Gasteiger partial charge in [0.15, 0.2) is 0 Å². The summed E-state index contributed by atoms with van der Waals surface area (Å²) in [6.07, 6.45) is 1.65. The fourth-order valence-electron chi connectivity index (χ4n) is 2.62. The molecule has 6 heteroatoms. The molecule has 0 unspecified atom stereocenters. The first-order chi connectivity index (χ1) is 9.42. The smallest absolute Gasteiger partial charge is 0.148 e. The lowest BCUT2D eigenvalue weighted by Crippen LogP contribution is -2.37. The molecular weight excluding hydrogens is 254 g/mol. The molecule has 1 aliphatic carbocycles. The topological polar surface area (TPSA) is 87.3 Å². The maximum absolute atomic E-state index is 9.38. The van der Waals surface area contributed by atoms with Crippen molar-refractivity contribution >= 4 is 11.6 Å². The monoisotopic (exact) mass is 279 g/mol. The Balaban J connectivity index is 2.22. The van der Waals surface area contributed by atoms with Crippen LogP contribution in [0.25, 0.3) is 0 Å². The molecule has 112 valence electrons. The highest BCUT2D eigenvalue weighted by Gasteiger charge is 2.29. The van der Waals surface area contributed by atoms with Gasteiger partial charge in [-0.05, 0) is 25.7 Å². The standard InChI is InChI=1S/C14H25N5O/c1-8(2)12-16-13(18-15)9(3)14(17-12)19(4)7-10-5-11(20)6-10/h8,10-11,20H,5-7,15H2,1-4H3,(H,16,17,18). The van der Waals surface area contributed by atoms with Gasteiger partial charge in [0.05, 0.1) is 6.10 Å². The van der Waals surface area contributed by atoms with Crippen molar-refractivity contribution in [2.45, 2.75) is 45.6 Å². The van der Waals surface area contributed by atoms with E-state index in [2.05, 4.69) is 34.1 Å². The molecule has 0 aromatic carbocycles. The Kier molecular flexibility index (Phi) is 4.45. The fraction of sp³-hybridized carbons (Fsp3) is 0.714. The molecule has 1 heterocycles. The molecule has 6 nitrogen and oxygen atoms in total. The van der Waals surface area contributed by atoms with Crippen molar-refractivity contribution in [1.29, 1.82) is 0 Å². The number of nitrogens with zero attached hydrogens (tertiary/aromatic N) is 3. The first kappa shape index (κ1) is 15.0. The minimum absolute atomic E-state index is 0.118. The van der Waals surface area contributed by atoms with Crippen molar-refractivity contribution in [3.8, 4) is 0 Å². The summed E-state index contributed by atoms with van der Waals surface area (Å²) in [5.41, 5.74) is 3.61. The number of aliphatic hydroxyl groups excluding tert-OH is 1. The van der Waals surface area contributed by atoms with Crippen LogP contribution in [-0.4, -0.2) is 34.8 Å². The summed E-state index contributed by atoms with van der Waals surface area (Å²) in [6, 6.07) is 0. The quantitative estimate of drug-likeness (QED) is 0.558. The minimum Gasteiger partial charge on any atom is -0.393 e. The van der Waals surface area contributed by atoms with E-state index in [0.717, 1.165) is 36.6 Å². The summed E-state index contributed by atoms with van der Waals surface area (Å²) in [7, 11) is 2.03. The summed E-state index contributed by atoms with van der Waals surface area (Å²) in [6.45, 7) is 7.01. The van der Waals surface area contributed by atoms with Crippen molar-refractivity contribution in [3.63, 3.8) is 0 Å². The second-order valence-electron chi connectivity index (χ2n) is 6.05. The van der Waals surface area contributed by atoms with E-state index in [4.69, 9.17) is 5.84 Å². The third kappa shape index (κ3) is 3.02. The number of anilines is 2. The number of aromatic nitrogens is 2. The van der Waals surface area contributed by atoms with Crippen LogP contribution in [0.2, 0.25) is 0 Å². The summed E-state index contributed by atoms with van der Waals surface area (Å²) >= 11 is 0. The molecule has 1 saturated carbocycles. The molecule has 1 aromatic heterocycles. The number of nitrogens with two attached hydrogens (primary N) is 1. The molecule has 2 rings (SSSR count). The van der Waals surface area contributed by atoms with Gasteiger partial charge in [0.1, 0.15) is 17.5 Å². The van der Waals surface area contributed by atoms with E-state index in [1.807, 2.05) is 14.0 Å². The first-order valence-electron chi connectivity index (χ1n) is 7.16. The van der Waals surface area contributed by atoms with Crippen LogP contribution in [0, 0.1) is 12.8 Å². The SMILES string of the molecule is Cc1c(NN)nc(C(C)C)nc1N(C)CC1CC(O)C1. The third-order valence-electron chi connectivity index (χ3n) is 3.89. The lowest BCUT2D eigenvalue weighted by Gasteiger charge is -2.35. The summed E-state index contributed by atoms with van der Waals surface area (Å²) in [5, 5.41) is 9.38. The van der Waals surface area contributed by atoms with Crippen molar-refractivity contribution in [3.05, 3.63) is 11.4 Å². The second kappa shape index (κ2) is 5.93. The van der Waals surface area contributed by atoms with Crippen molar-refractivity contribution in [1.82, 2.24) is 9.97 Å². The van der Waals surface area contributed by atoms with Gasteiger partial charge in [0.25, 0.3) is 0 Å². The van der Waals surface area contributed by atoms with Gasteiger partial charge < -0.3 is 15.4 Å². The predicted molar refractivity (Wildman–Crippen MR) is 80.7 cm³/mol. The van der Waals surface area contributed by atoms with Crippen LogP contribution in [0.3, 0.4) is 0 Å². The Hall–Kier alpha value is -1.40. The van der Waals surface area contributed by atoms with Crippen LogP contribution >= 0.6 is 0 Å². The third-order valence-corrected chi connectivity index (χ3v) is 3.89. The van der Waals surface area contributed by atoms with Gasteiger partial charge in [-0.1, -0.05) is 13.8 Å². The van der Waals surface area contributed by atoms with E-state index in [-0.39, 0.29) is 12.0 Å². The number of hydrazine groups is 1. The molecule has 1 aromatic rings. The fourth-order valence-corrected chi connectivity index (χ4v) is 2.62. The minimum atomic E-state index is -0.118. The number of aliphatic hydroxyl groups is 1. The zero-order valence-corrected chi connectivity index (χ0v) is 12.7. The summed E-state index contributed by atoms with van der Waals surface area (Å²) in [5.74, 6) is 8.73. The highest BCUT2D eigenvalue weighted by molar-refractivity contribution is 5.58. The van der Waals surface area contributed by atoms with Gasteiger partial charge in [-0.25, -0.2) is 15.8 Å². The zero-order chi connectivity index (χ0) is 14.9. The normalized spacial score (nSPS) is 21.8. The van der Waals surface area contributed by atoms with Crippen LogP contribution in [0.5, 0.6) is 0 Å². The molecule has 1 fully saturated rings. The van der Waals surface area contributed by atoms with Crippen LogP contribution in [0.15, 0.2) is 0 Å². The van der Waals surface area contributed by atoms with Gasteiger partial charge in [-0.2, -0.15) is 0 Å². The van der Waals surface area contributed by atoms with Crippen LogP contribution < -0.4 is 16.2 Å². The number of rotatable bonds is 5. The van der Waals surface area contributed by atoms with Gasteiger partial charge in [0, 0.05) is 25.1 Å². The van der Waals surface area contributed by atoms with Gasteiger partial charge in [-0.3, -0.25) is 0 Å². The molecule has 4 N–H and O–H groups in total. The van der Waals surface area contributed by atoms with Crippen molar-refractivity contribution in [2.75, 3.05) is 23.9 Å². The lowest BCUT2D eigenvalue weighted by molar-refractivity contribution is 0.0464. The molecule has 0 amide bonds. The lowest BCUT2D eigenvalue weighted by atomic mass is 9.82. The number of nitrogens with one attached hydrogen (secondary N) is 1. The van der Waals surface area contributed by atoms with Crippen LogP contribution in [0.1, 0.15) is 44.0 Å². The van der Waals surface area contributed by atoms with E-state index in [1.165, 1.54) is 0 Å². The van der Waals surface area contributed by atoms with Crippen LogP contribution in [-0.2, 0) is 0 Å². The largest absolute Gasteiger partial charge is 0.393 e. The molecule has 0 aliphatic heterocycles. The molecule has 0 radical (unpaired) electrons. The van der Waals surface area contributed by atoms with Crippen molar-refractivity contribution < 1.29 is 5.11 Å². The van der Waals surface area contributed by atoms with E-state index in [0.29, 0.717) is 11.7 Å². The van der Waals surface area contributed by atoms with E-state index in [1.54, 1.807) is 0 Å². The Labute approximate surface area is 120 Å².